The van der Waals surface area contributed by atoms with Gasteiger partial charge in [-0.15, -0.1) is 0 Å². The first-order valence-electron chi connectivity index (χ1n) is 10.1. The molecular weight excluding hydrogens is 444 g/mol. The summed E-state index contributed by atoms with van der Waals surface area (Å²) < 4.78 is 1.61. The Hall–Kier alpha value is -2.79. The molecule has 0 atom stereocenters. The number of benzene rings is 1. The van der Waals surface area contributed by atoms with E-state index in [1.165, 1.54) is 4.68 Å². The fourth-order valence-electron chi connectivity index (χ4n) is 4.00. The minimum atomic E-state index is -0.100. The van der Waals surface area contributed by atoms with Crippen LogP contribution in [-0.2, 0) is 11.3 Å². The molecule has 2 N–H and O–H groups in total. The number of anilines is 1. The van der Waals surface area contributed by atoms with Gasteiger partial charge in [-0.05, 0) is 60.1 Å². The van der Waals surface area contributed by atoms with Crippen LogP contribution in [0.4, 0.5) is 11.5 Å². The highest BCUT2D eigenvalue weighted by Crippen LogP contribution is 2.45. The largest absolute Gasteiger partial charge is 0.378 e. The molecule has 0 radical (unpaired) electrons. The molecule has 6 nitrogen and oxygen atoms in total. The quantitative estimate of drug-likeness (QED) is 0.156. The maximum Gasteiger partial charge on any atom is 0.264 e. The molecule has 0 bridgehead atoms. The van der Waals surface area contributed by atoms with Crippen molar-refractivity contribution in [3.05, 3.63) is 74.2 Å². The number of halogens is 1. The number of nitrogens with zero attached hydrogens (tertiary/aromatic N) is 3. The van der Waals surface area contributed by atoms with E-state index in [9.17, 15) is 0 Å². The molecule has 2 aromatic rings. The fraction of sp³-hybridized carbons (Fsp3) is 0.333. The molecule has 1 aromatic carbocycles. The first-order chi connectivity index (χ1) is 15.1. The summed E-state index contributed by atoms with van der Waals surface area (Å²) in [6.07, 6.45) is 4.20. The predicted octanol–water partition coefficient (Wildman–Crippen LogP) is 7.02. The van der Waals surface area contributed by atoms with E-state index in [2.05, 4.69) is 70.5 Å². The summed E-state index contributed by atoms with van der Waals surface area (Å²) in [6.45, 7) is 15.5. The summed E-state index contributed by atoms with van der Waals surface area (Å²) in [5.74, 6) is 0.176. The summed E-state index contributed by atoms with van der Waals surface area (Å²) in [6, 6.07) is 8.33. The lowest BCUT2D eigenvalue weighted by Gasteiger charge is -2.33. The van der Waals surface area contributed by atoms with Crippen molar-refractivity contribution in [2.45, 2.75) is 33.1 Å². The van der Waals surface area contributed by atoms with Crippen molar-refractivity contribution in [2.24, 2.45) is 5.41 Å². The third-order valence-electron chi connectivity index (χ3n) is 5.53. The smallest absolute Gasteiger partial charge is 0.264 e. The Labute approximate surface area is 198 Å². The van der Waals surface area contributed by atoms with Gasteiger partial charge in [-0.25, -0.2) is 10.4 Å². The normalized spacial score (nSPS) is 16.7. The van der Waals surface area contributed by atoms with Crippen LogP contribution in [0.15, 0.2) is 47.0 Å². The molecule has 1 aromatic heterocycles. The van der Waals surface area contributed by atoms with Gasteiger partial charge in [0, 0.05) is 30.4 Å². The van der Waals surface area contributed by atoms with Gasteiger partial charge in [-0.2, -0.15) is 4.68 Å². The second-order valence-corrected chi connectivity index (χ2v) is 9.71. The summed E-state index contributed by atoms with van der Waals surface area (Å²) in [7, 11) is 4.03. The van der Waals surface area contributed by atoms with Gasteiger partial charge in [0.1, 0.15) is 4.64 Å². The van der Waals surface area contributed by atoms with Crippen molar-refractivity contribution in [2.75, 3.05) is 19.0 Å². The van der Waals surface area contributed by atoms with Crippen molar-refractivity contribution in [1.82, 2.24) is 9.78 Å². The van der Waals surface area contributed by atoms with Gasteiger partial charge in [0.25, 0.3) is 11.7 Å². The average molecular weight is 471 g/mol. The second-order valence-electron chi connectivity index (χ2n) is 8.94. The van der Waals surface area contributed by atoms with E-state index in [1.807, 2.05) is 14.1 Å². The molecule has 0 saturated carbocycles. The number of hydrogen-bond acceptors (Lipinski definition) is 4. The molecule has 1 aliphatic carbocycles. The molecule has 0 aliphatic heterocycles. The fourth-order valence-corrected chi connectivity index (χ4v) is 4.58. The predicted molar refractivity (Wildman–Crippen MR) is 133 cm³/mol. The molecule has 8 heteroatoms. The van der Waals surface area contributed by atoms with E-state index in [1.54, 1.807) is 0 Å². The minimum Gasteiger partial charge on any atom is -0.378 e. The van der Waals surface area contributed by atoms with Crippen molar-refractivity contribution < 1.29 is 10.1 Å². The van der Waals surface area contributed by atoms with Crippen LogP contribution in [0.2, 0.25) is 0 Å². The number of aromatic nitrogens is 2. The van der Waals surface area contributed by atoms with Crippen LogP contribution in [-0.4, -0.2) is 29.1 Å². The third-order valence-corrected chi connectivity index (χ3v) is 6.46. The van der Waals surface area contributed by atoms with Gasteiger partial charge in [-0.1, -0.05) is 62.4 Å². The van der Waals surface area contributed by atoms with E-state index in [4.69, 9.17) is 35.6 Å². The van der Waals surface area contributed by atoms with Crippen molar-refractivity contribution in [3.63, 3.8) is 0 Å². The van der Waals surface area contributed by atoms with Gasteiger partial charge in [0.2, 0.25) is 0 Å². The molecule has 3 rings (SSSR count). The van der Waals surface area contributed by atoms with Gasteiger partial charge >= 0.3 is 0 Å². The van der Waals surface area contributed by atoms with Crippen LogP contribution < -0.4 is 4.90 Å². The first kappa shape index (κ1) is 23.9. The maximum atomic E-state index is 8.94. The summed E-state index contributed by atoms with van der Waals surface area (Å²) in [4.78, 5) is 9.81. The molecule has 0 saturated heterocycles. The Morgan fingerprint density at radius 2 is 2.03 bits per heavy atom. The number of allylic oxidation sites excluding steroid dienone is 3. The van der Waals surface area contributed by atoms with Crippen LogP contribution in [0.25, 0.3) is 16.8 Å². The first-order valence-corrected chi connectivity index (χ1v) is 10.9. The van der Waals surface area contributed by atoms with Crippen LogP contribution in [0.3, 0.4) is 0 Å². The van der Waals surface area contributed by atoms with E-state index >= 15 is 0 Å². The Kier molecular flexibility index (Phi) is 6.99. The van der Waals surface area contributed by atoms with E-state index in [0.717, 1.165) is 40.3 Å². The van der Waals surface area contributed by atoms with Crippen LogP contribution in [0, 0.1) is 16.6 Å². The Morgan fingerprint density at radius 1 is 1.38 bits per heavy atom. The van der Waals surface area contributed by atoms with Crippen molar-refractivity contribution in [1.29, 1.82) is 0 Å². The monoisotopic (exact) mass is 470 g/mol. The number of rotatable bonds is 6. The number of hydrogen-bond donors (Lipinski definition) is 2. The number of aromatic amines is 1. The molecule has 1 heterocycles. The lowest BCUT2D eigenvalue weighted by Crippen LogP contribution is -2.20. The number of nitrogens with one attached hydrogen (secondary N) is 1. The molecule has 1 aliphatic rings. The van der Waals surface area contributed by atoms with Crippen molar-refractivity contribution in [3.8, 4) is 0 Å². The van der Waals surface area contributed by atoms with Crippen LogP contribution >= 0.6 is 23.8 Å². The third kappa shape index (κ3) is 4.99. The topological polar surface area (TPSA) is 57.8 Å². The lowest BCUT2D eigenvalue weighted by atomic mass is 9.73. The SMILES string of the molecule is [C-]#[N+]c1[nH]n(C(=C)OO)c(=S)c1CC1=C(Cl)C(=Cc2ccc(N(C)C)cc2)CC(C)(C)C1. The Morgan fingerprint density at radius 3 is 2.59 bits per heavy atom. The van der Waals surface area contributed by atoms with E-state index in [-0.39, 0.29) is 17.1 Å². The van der Waals surface area contributed by atoms with E-state index < -0.39 is 0 Å². The summed E-state index contributed by atoms with van der Waals surface area (Å²) in [5, 5.41) is 12.5. The Bertz CT molecular complexity index is 1190. The zero-order chi connectivity index (χ0) is 23.6. The maximum absolute atomic E-state index is 8.94. The van der Waals surface area contributed by atoms with Crippen molar-refractivity contribution >= 4 is 47.3 Å². The standard InChI is InChI=1S/C24H27ClN4O2S/c1-15(31-30)29-23(32)20(22(26-4)27-29)12-18-14-24(2,3)13-17(21(18)25)11-16-7-9-19(10-8-16)28(5)6/h7-11,27,30H,1,12-14H2,2-3,5-6H3. The van der Waals surface area contributed by atoms with Crippen LogP contribution in [0.1, 0.15) is 37.8 Å². The van der Waals surface area contributed by atoms with Crippen LogP contribution in [0.5, 0.6) is 0 Å². The summed E-state index contributed by atoms with van der Waals surface area (Å²) in [5.41, 5.74) is 4.95. The molecular formula is C24H27ClN4O2S. The molecule has 0 spiro atoms. The highest BCUT2D eigenvalue weighted by atomic mass is 35.5. The average Bonchev–Trinajstić information content (AvgIpc) is 3.06. The molecule has 0 unspecified atom stereocenters. The van der Waals surface area contributed by atoms with Gasteiger partial charge < -0.3 is 14.6 Å². The molecule has 32 heavy (non-hydrogen) atoms. The molecule has 168 valence electrons. The lowest BCUT2D eigenvalue weighted by molar-refractivity contribution is -0.176. The van der Waals surface area contributed by atoms with E-state index in [0.29, 0.717) is 16.6 Å². The summed E-state index contributed by atoms with van der Waals surface area (Å²) >= 11 is 12.4. The highest BCUT2D eigenvalue weighted by Gasteiger charge is 2.31. The zero-order valence-electron chi connectivity index (χ0n) is 18.7. The van der Waals surface area contributed by atoms with Gasteiger partial charge in [0.15, 0.2) is 0 Å². The van der Waals surface area contributed by atoms with Gasteiger partial charge in [0.05, 0.1) is 0 Å². The number of H-pyrrole nitrogens is 1. The highest BCUT2D eigenvalue weighted by molar-refractivity contribution is 7.71. The molecule has 0 fully saturated rings. The molecule has 0 amide bonds. The van der Waals surface area contributed by atoms with Gasteiger partial charge in [-0.3, -0.25) is 0 Å². The minimum absolute atomic E-state index is 0.00705. The Balaban J connectivity index is 2.02. The zero-order valence-corrected chi connectivity index (χ0v) is 20.3. The second kappa shape index (κ2) is 9.37.